The summed E-state index contributed by atoms with van der Waals surface area (Å²) < 4.78 is 0. The summed E-state index contributed by atoms with van der Waals surface area (Å²) in [5.74, 6) is 3.60. The largest absolute Gasteiger partial charge is 0.313 e. The van der Waals surface area contributed by atoms with Gasteiger partial charge >= 0.3 is 0 Å². The first-order valence-electron chi connectivity index (χ1n) is 7.96. The summed E-state index contributed by atoms with van der Waals surface area (Å²) in [6, 6.07) is 0.502. The maximum atomic E-state index is 11.6. The van der Waals surface area contributed by atoms with E-state index in [1.165, 1.54) is 44.9 Å². The Balaban J connectivity index is 1.48. The molecule has 4 saturated carbocycles. The van der Waals surface area contributed by atoms with E-state index in [9.17, 15) is 4.79 Å². The number of piperidine rings is 1. The van der Waals surface area contributed by atoms with Crippen LogP contribution in [0.5, 0.6) is 0 Å². The number of carbonyl (C=O) groups excluding carboxylic acids is 1. The van der Waals surface area contributed by atoms with Gasteiger partial charge in [-0.1, -0.05) is 0 Å². The normalized spacial score (nSPS) is 50.8. The Morgan fingerprint density at radius 2 is 1.67 bits per heavy atom. The number of rotatable bonds is 2. The molecule has 4 aliphatic carbocycles. The van der Waals surface area contributed by atoms with E-state index in [-0.39, 0.29) is 0 Å². The van der Waals surface area contributed by atoms with E-state index in [2.05, 4.69) is 5.32 Å². The van der Waals surface area contributed by atoms with Crippen LogP contribution in [-0.4, -0.2) is 18.4 Å². The lowest BCUT2D eigenvalue weighted by molar-refractivity contribution is -0.121. The first-order chi connectivity index (χ1) is 8.71. The van der Waals surface area contributed by atoms with Crippen molar-refractivity contribution in [3.63, 3.8) is 0 Å². The second-order valence-electron chi connectivity index (χ2n) is 7.77. The van der Waals surface area contributed by atoms with Crippen LogP contribution in [0.3, 0.4) is 0 Å². The fourth-order valence-corrected chi connectivity index (χ4v) is 6.07. The number of hydrogen-bond donors (Lipinski definition) is 1. The van der Waals surface area contributed by atoms with E-state index in [4.69, 9.17) is 0 Å². The van der Waals surface area contributed by atoms with Crippen LogP contribution in [0.25, 0.3) is 0 Å². The zero-order chi connectivity index (χ0) is 12.2. The van der Waals surface area contributed by atoms with Gasteiger partial charge in [0.05, 0.1) is 0 Å². The van der Waals surface area contributed by atoms with Crippen molar-refractivity contribution in [3.8, 4) is 0 Å². The lowest BCUT2D eigenvalue weighted by atomic mass is 9.48. The number of nitrogens with one attached hydrogen (secondary N) is 1. The fourth-order valence-electron chi connectivity index (χ4n) is 6.07. The molecule has 1 atom stereocenters. The van der Waals surface area contributed by atoms with Crippen LogP contribution in [0, 0.1) is 23.2 Å². The molecular weight excluding hydrogens is 222 g/mol. The Bertz CT molecular complexity index is 327. The van der Waals surface area contributed by atoms with Gasteiger partial charge in [-0.3, -0.25) is 4.79 Å². The van der Waals surface area contributed by atoms with Gasteiger partial charge in [0.1, 0.15) is 5.78 Å². The molecule has 100 valence electrons. The molecule has 5 rings (SSSR count). The summed E-state index contributed by atoms with van der Waals surface area (Å²) in [6.07, 6.45) is 11.9. The van der Waals surface area contributed by atoms with Gasteiger partial charge in [0.2, 0.25) is 0 Å². The van der Waals surface area contributed by atoms with Gasteiger partial charge in [-0.15, -0.1) is 0 Å². The van der Waals surface area contributed by atoms with Crippen molar-refractivity contribution in [2.45, 2.75) is 63.8 Å². The maximum absolute atomic E-state index is 11.6. The Morgan fingerprint density at radius 1 is 1.06 bits per heavy atom. The van der Waals surface area contributed by atoms with Crippen molar-refractivity contribution in [2.24, 2.45) is 23.2 Å². The predicted octanol–water partition coefficient (Wildman–Crippen LogP) is 2.91. The van der Waals surface area contributed by atoms with Crippen LogP contribution >= 0.6 is 0 Å². The lowest BCUT2D eigenvalue weighted by Gasteiger charge is -2.58. The van der Waals surface area contributed by atoms with Crippen LogP contribution in [-0.2, 0) is 4.79 Å². The molecule has 2 heteroatoms. The minimum atomic E-state index is 0.489. The minimum absolute atomic E-state index is 0.489. The van der Waals surface area contributed by atoms with Crippen LogP contribution < -0.4 is 5.32 Å². The zero-order valence-electron chi connectivity index (χ0n) is 11.3. The number of Topliss-reactive ketones (excluding diaryl/α,β-unsaturated/α-hetero) is 1. The quantitative estimate of drug-likeness (QED) is 0.813. The molecule has 1 heterocycles. The van der Waals surface area contributed by atoms with Crippen molar-refractivity contribution in [1.29, 1.82) is 0 Å². The summed E-state index contributed by atoms with van der Waals surface area (Å²) >= 11 is 0. The molecule has 0 aromatic rings. The summed E-state index contributed by atoms with van der Waals surface area (Å²) in [5, 5.41) is 3.60. The molecule has 4 bridgehead atoms. The molecular formula is C16H25NO. The van der Waals surface area contributed by atoms with Crippen LogP contribution in [0.1, 0.15) is 57.8 Å². The van der Waals surface area contributed by atoms with Crippen LogP contribution in [0.2, 0.25) is 0 Å². The lowest BCUT2D eigenvalue weighted by Crippen LogP contribution is -2.50. The molecule has 5 fully saturated rings. The molecule has 0 aromatic heterocycles. The average Bonchev–Trinajstić information content (AvgIpc) is 2.25. The number of carbonyl (C=O) groups is 1. The predicted molar refractivity (Wildman–Crippen MR) is 71.3 cm³/mol. The molecule has 0 radical (unpaired) electrons. The molecule has 18 heavy (non-hydrogen) atoms. The van der Waals surface area contributed by atoms with E-state index < -0.39 is 0 Å². The molecule has 1 N–H and O–H groups in total. The highest BCUT2D eigenvalue weighted by molar-refractivity contribution is 5.79. The van der Waals surface area contributed by atoms with Crippen molar-refractivity contribution in [1.82, 2.24) is 5.32 Å². The summed E-state index contributed by atoms with van der Waals surface area (Å²) in [7, 11) is 0. The molecule has 0 aromatic carbocycles. The van der Waals surface area contributed by atoms with Gasteiger partial charge in [0.25, 0.3) is 0 Å². The summed E-state index contributed by atoms with van der Waals surface area (Å²) in [6.45, 7) is 0.926. The van der Waals surface area contributed by atoms with Crippen molar-refractivity contribution in [2.75, 3.05) is 6.54 Å². The van der Waals surface area contributed by atoms with E-state index in [0.717, 1.165) is 37.1 Å². The molecule has 0 amide bonds. The number of hydrogen-bond acceptors (Lipinski definition) is 2. The van der Waals surface area contributed by atoms with Crippen LogP contribution in [0.15, 0.2) is 0 Å². The van der Waals surface area contributed by atoms with Crippen molar-refractivity contribution < 1.29 is 4.79 Å². The Labute approximate surface area is 110 Å². The highest BCUT2D eigenvalue weighted by atomic mass is 16.1. The summed E-state index contributed by atoms with van der Waals surface area (Å²) in [4.78, 5) is 11.6. The maximum Gasteiger partial charge on any atom is 0.135 e. The minimum Gasteiger partial charge on any atom is -0.313 e. The van der Waals surface area contributed by atoms with E-state index >= 15 is 0 Å². The van der Waals surface area contributed by atoms with Crippen molar-refractivity contribution >= 4 is 5.78 Å². The molecule has 2 nitrogen and oxygen atoms in total. The molecule has 1 saturated heterocycles. The first kappa shape index (κ1) is 11.5. The third kappa shape index (κ3) is 1.93. The van der Waals surface area contributed by atoms with Crippen LogP contribution in [0.4, 0.5) is 0 Å². The average molecular weight is 247 g/mol. The second-order valence-corrected chi connectivity index (χ2v) is 7.77. The van der Waals surface area contributed by atoms with Gasteiger partial charge in [0.15, 0.2) is 0 Å². The zero-order valence-corrected chi connectivity index (χ0v) is 11.3. The van der Waals surface area contributed by atoms with E-state index in [1.54, 1.807) is 0 Å². The molecule has 5 aliphatic rings. The van der Waals surface area contributed by atoms with Gasteiger partial charge in [-0.05, 0) is 68.1 Å². The Hall–Kier alpha value is -0.370. The van der Waals surface area contributed by atoms with Gasteiger partial charge < -0.3 is 5.32 Å². The standard InChI is InChI=1S/C16H25NO/c18-15-1-2-17-14(6-15)10-16-7-11-3-12(8-16)5-13(4-11)9-16/h11-14,17H,1-10H2. The highest BCUT2D eigenvalue weighted by Gasteiger charge is 2.51. The topological polar surface area (TPSA) is 29.1 Å². The van der Waals surface area contributed by atoms with Gasteiger partial charge in [-0.2, -0.15) is 0 Å². The third-order valence-corrected chi connectivity index (χ3v) is 6.16. The monoisotopic (exact) mass is 247 g/mol. The molecule has 1 aliphatic heterocycles. The van der Waals surface area contributed by atoms with Crippen molar-refractivity contribution in [3.05, 3.63) is 0 Å². The first-order valence-corrected chi connectivity index (χ1v) is 7.96. The smallest absolute Gasteiger partial charge is 0.135 e. The third-order valence-electron chi connectivity index (χ3n) is 6.16. The Morgan fingerprint density at radius 3 is 2.22 bits per heavy atom. The van der Waals surface area contributed by atoms with Gasteiger partial charge in [-0.25, -0.2) is 0 Å². The second kappa shape index (κ2) is 4.06. The van der Waals surface area contributed by atoms with E-state index in [1.807, 2.05) is 0 Å². The SMILES string of the molecule is O=C1CCNC(CC23CC4CC(CC(C4)C2)C3)C1. The highest BCUT2D eigenvalue weighted by Crippen LogP contribution is 2.61. The van der Waals surface area contributed by atoms with Gasteiger partial charge in [0, 0.05) is 25.4 Å². The molecule has 1 unspecified atom stereocenters. The fraction of sp³-hybridized carbons (Fsp3) is 0.938. The van der Waals surface area contributed by atoms with E-state index in [0.29, 0.717) is 17.2 Å². The molecule has 0 spiro atoms. The number of ketones is 1. The Kier molecular flexibility index (Phi) is 2.58. The summed E-state index contributed by atoms with van der Waals surface area (Å²) in [5.41, 5.74) is 0.629.